The second-order valence-electron chi connectivity index (χ2n) is 7.74. The van der Waals surface area contributed by atoms with Gasteiger partial charge in [-0.1, -0.05) is 54.6 Å². The molecule has 0 atom stereocenters. The van der Waals surface area contributed by atoms with Crippen molar-refractivity contribution in [2.45, 2.75) is 0 Å². The molecule has 5 heteroatoms. The molecule has 0 fully saturated rings. The fourth-order valence-electron chi connectivity index (χ4n) is 4.24. The van der Waals surface area contributed by atoms with Crippen molar-refractivity contribution < 1.29 is 9.59 Å². The summed E-state index contributed by atoms with van der Waals surface area (Å²) < 4.78 is 0. The van der Waals surface area contributed by atoms with Crippen molar-refractivity contribution in [3.63, 3.8) is 0 Å². The Kier molecular flexibility index (Phi) is 4.01. The van der Waals surface area contributed by atoms with Crippen LogP contribution in [-0.2, 0) is 0 Å². The molecule has 0 radical (unpaired) electrons. The van der Waals surface area contributed by atoms with Crippen molar-refractivity contribution in [2.75, 3.05) is 5.32 Å². The van der Waals surface area contributed by atoms with Gasteiger partial charge in [0.2, 0.25) is 0 Å². The Bertz CT molecular complexity index is 1510. The van der Waals surface area contributed by atoms with Gasteiger partial charge in [-0.2, -0.15) is 0 Å². The summed E-state index contributed by atoms with van der Waals surface area (Å²) in [5.74, 6) is 0.356. The number of carbonyl (C=O) groups is 2. The van der Waals surface area contributed by atoms with E-state index < -0.39 is 0 Å². The minimum absolute atomic E-state index is 0.0482. The highest BCUT2D eigenvalue weighted by Gasteiger charge is 2.27. The van der Waals surface area contributed by atoms with Crippen LogP contribution in [0.4, 0.5) is 5.69 Å². The number of anilines is 1. The van der Waals surface area contributed by atoms with Crippen molar-refractivity contribution in [3.8, 4) is 22.5 Å². The number of rotatable bonds is 3. The van der Waals surface area contributed by atoms with E-state index in [1.165, 1.54) is 0 Å². The molecule has 0 aliphatic heterocycles. The highest BCUT2D eigenvalue weighted by atomic mass is 16.1. The van der Waals surface area contributed by atoms with Crippen LogP contribution >= 0.6 is 0 Å². The zero-order valence-electron chi connectivity index (χ0n) is 16.9. The predicted molar refractivity (Wildman–Crippen MR) is 125 cm³/mol. The van der Waals surface area contributed by atoms with Gasteiger partial charge in [0.25, 0.3) is 5.91 Å². The van der Waals surface area contributed by atoms with Crippen LogP contribution in [0.2, 0.25) is 0 Å². The van der Waals surface area contributed by atoms with Crippen molar-refractivity contribution >= 4 is 28.4 Å². The van der Waals surface area contributed by atoms with Crippen molar-refractivity contribution in [1.82, 2.24) is 9.97 Å². The Labute approximate surface area is 183 Å². The number of aromatic nitrogens is 2. The molecule has 0 bridgehead atoms. The zero-order chi connectivity index (χ0) is 21.7. The average Bonchev–Trinajstić information content (AvgIpc) is 3.39. The van der Waals surface area contributed by atoms with Gasteiger partial charge in [0.1, 0.15) is 5.82 Å². The number of nitrogens with one attached hydrogen (secondary N) is 2. The number of H-pyrrole nitrogens is 1. The summed E-state index contributed by atoms with van der Waals surface area (Å²) in [6.45, 7) is 0. The first-order valence-electron chi connectivity index (χ1n) is 10.3. The topological polar surface area (TPSA) is 74.8 Å². The van der Waals surface area contributed by atoms with Gasteiger partial charge < -0.3 is 10.3 Å². The van der Waals surface area contributed by atoms with Gasteiger partial charge in [-0.3, -0.25) is 9.59 Å². The summed E-state index contributed by atoms with van der Waals surface area (Å²) in [6.07, 6.45) is 0. The molecule has 1 aliphatic carbocycles. The molecule has 5 aromatic rings. The summed E-state index contributed by atoms with van der Waals surface area (Å²) in [5.41, 5.74) is 6.68. The summed E-state index contributed by atoms with van der Waals surface area (Å²) >= 11 is 0. The number of aromatic amines is 1. The number of para-hydroxylation sites is 3. The molecule has 152 valence electrons. The van der Waals surface area contributed by atoms with Gasteiger partial charge in [-0.25, -0.2) is 4.98 Å². The van der Waals surface area contributed by atoms with E-state index in [9.17, 15) is 9.59 Å². The lowest BCUT2D eigenvalue weighted by molar-refractivity contribution is 0.102. The van der Waals surface area contributed by atoms with Crippen LogP contribution in [-0.4, -0.2) is 21.7 Å². The van der Waals surface area contributed by atoms with Crippen LogP contribution in [0.5, 0.6) is 0 Å². The summed E-state index contributed by atoms with van der Waals surface area (Å²) in [7, 11) is 0. The molecular weight excluding hydrogens is 398 g/mol. The van der Waals surface area contributed by atoms with E-state index in [1.807, 2.05) is 78.9 Å². The summed E-state index contributed by atoms with van der Waals surface area (Å²) in [6, 6.07) is 28.1. The number of hydrogen-bond acceptors (Lipinski definition) is 3. The normalized spacial score (nSPS) is 11.9. The maximum absolute atomic E-state index is 13.1. The standard InChI is InChI=1S/C27H17N3O2/c31-25-19-8-2-1-7-17(19)18-14-13-16(15-21(18)25)27(32)30-22-10-4-3-9-20(22)26-28-23-11-5-6-12-24(23)29-26/h1-15H,(H,28,29)(H,30,32). The first kappa shape index (κ1) is 18.3. The van der Waals surface area contributed by atoms with Crippen molar-refractivity contribution in [2.24, 2.45) is 0 Å². The van der Waals surface area contributed by atoms with Crippen LogP contribution in [0.3, 0.4) is 0 Å². The highest BCUT2D eigenvalue weighted by Crippen LogP contribution is 2.37. The molecule has 1 aromatic heterocycles. The first-order valence-corrected chi connectivity index (χ1v) is 10.3. The molecule has 1 amide bonds. The van der Waals surface area contributed by atoms with Crippen LogP contribution < -0.4 is 5.32 Å². The number of amides is 1. The number of nitrogens with zero attached hydrogens (tertiary/aromatic N) is 1. The lowest BCUT2D eigenvalue weighted by Crippen LogP contribution is -2.13. The molecular formula is C27H17N3O2. The Morgan fingerprint density at radius 1 is 0.719 bits per heavy atom. The smallest absolute Gasteiger partial charge is 0.255 e. The molecule has 0 spiro atoms. The van der Waals surface area contributed by atoms with E-state index in [1.54, 1.807) is 12.1 Å². The number of ketones is 1. The van der Waals surface area contributed by atoms with Gasteiger partial charge in [0, 0.05) is 22.3 Å². The van der Waals surface area contributed by atoms with E-state index in [0.29, 0.717) is 28.2 Å². The molecule has 5 nitrogen and oxygen atoms in total. The van der Waals surface area contributed by atoms with Gasteiger partial charge in [0.15, 0.2) is 5.78 Å². The van der Waals surface area contributed by atoms with Crippen molar-refractivity contribution in [3.05, 3.63) is 108 Å². The van der Waals surface area contributed by atoms with Gasteiger partial charge in [-0.15, -0.1) is 0 Å². The van der Waals surface area contributed by atoms with E-state index >= 15 is 0 Å². The number of carbonyl (C=O) groups excluding carboxylic acids is 2. The lowest BCUT2D eigenvalue weighted by atomic mass is 10.0. The van der Waals surface area contributed by atoms with Crippen LogP contribution in [0.25, 0.3) is 33.5 Å². The third kappa shape index (κ3) is 2.83. The lowest BCUT2D eigenvalue weighted by Gasteiger charge is -2.10. The summed E-state index contributed by atoms with van der Waals surface area (Å²) in [4.78, 5) is 33.9. The summed E-state index contributed by atoms with van der Waals surface area (Å²) in [5, 5.41) is 2.99. The number of fused-ring (bicyclic) bond motifs is 4. The fourth-order valence-corrected chi connectivity index (χ4v) is 4.24. The van der Waals surface area contributed by atoms with Crippen LogP contribution in [0, 0.1) is 0 Å². The molecule has 0 saturated heterocycles. The van der Waals surface area contributed by atoms with E-state index in [4.69, 9.17) is 0 Å². The largest absolute Gasteiger partial charge is 0.338 e. The van der Waals surface area contributed by atoms with Gasteiger partial charge in [0.05, 0.1) is 16.7 Å². The third-order valence-corrected chi connectivity index (χ3v) is 5.81. The second-order valence-corrected chi connectivity index (χ2v) is 7.74. The minimum atomic E-state index is -0.278. The molecule has 1 heterocycles. The number of benzene rings is 4. The third-order valence-electron chi connectivity index (χ3n) is 5.81. The number of hydrogen-bond donors (Lipinski definition) is 2. The van der Waals surface area contributed by atoms with E-state index in [0.717, 1.165) is 27.7 Å². The number of imidazole rings is 1. The maximum atomic E-state index is 13.1. The zero-order valence-corrected chi connectivity index (χ0v) is 16.9. The fraction of sp³-hybridized carbons (Fsp3) is 0. The first-order chi connectivity index (χ1) is 15.7. The molecule has 1 aliphatic rings. The predicted octanol–water partition coefficient (Wildman–Crippen LogP) is 5.69. The SMILES string of the molecule is O=C(Nc1ccccc1-c1nc2ccccc2[nH]1)c1ccc2c(c1)C(=O)c1ccccc1-2. The van der Waals surface area contributed by atoms with Crippen LogP contribution in [0.15, 0.2) is 91.0 Å². The monoisotopic (exact) mass is 415 g/mol. The quantitative estimate of drug-likeness (QED) is 0.390. The van der Waals surface area contributed by atoms with Gasteiger partial charge >= 0.3 is 0 Å². The Morgan fingerprint density at radius 2 is 1.41 bits per heavy atom. The maximum Gasteiger partial charge on any atom is 0.255 e. The second kappa shape index (κ2) is 7.03. The molecule has 4 aromatic carbocycles. The molecule has 2 N–H and O–H groups in total. The highest BCUT2D eigenvalue weighted by molar-refractivity contribution is 6.22. The van der Waals surface area contributed by atoms with Gasteiger partial charge in [-0.05, 0) is 47.5 Å². The van der Waals surface area contributed by atoms with E-state index in [2.05, 4.69) is 15.3 Å². The molecule has 0 unspecified atom stereocenters. The average molecular weight is 415 g/mol. The van der Waals surface area contributed by atoms with Crippen molar-refractivity contribution in [1.29, 1.82) is 0 Å². The Hall–Kier alpha value is -4.51. The Morgan fingerprint density at radius 3 is 2.25 bits per heavy atom. The van der Waals surface area contributed by atoms with E-state index in [-0.39, 0.29) is 11.7 Å². The minimum Gasteiger partial charge on any atom is -0.338 e. The molecule has 6 rings (SSSR count). The molecule has 32 heavy (non-hydrogen) atoms. The molecule has 0 saturated carbocycles. The van der Waals surface area contributed by atoms with Crippen LogP contribution in [0.1, 0.15) is 26.3 Å². The Balaban J connectivity index is 1.34.